The second kappa shape index (κ2) is 8.49. The summed E-state index contributed by atoms with van der Waals surface area (Å²) in [6, 6.07) is 0. The van der Waals surface area contributed by atoms with Gasteiger partial charge in [-0.3, -0.25) is 0 Å². The van der Waals surface area contributed by atoms with Crippen molar-refractivity contribution in [1.82, 2.24) is 0 Å². The summed E-state index contributed by atoms with van der Waals surface area (Å²) in [4.78, 5) is 0. The lowest BCUT2D eigenvalue weighted by atomic mass is 9.94. The Bertz CT molecular complexity index is 804. The number of hydrogen-bond acceptors (Lipinski definition) is 4. The van der Waals surface area contributed by atoms with E-state index < -0.39 is 0 Å². The first-order chi connectivity index (χ1) is 12.7. The van der Waals surface area contributed by atoms with Crippen LogP contribution in [0.2, 0.25) is 10.0 Å². The van der Waals surface area contributed by atoms with E-state index in [2.05, 4.69) is 0 Å². The standard InChI is InChI=1S/C21H26Cl2O4/c1-10-12(3)20(26-7)16(22)14(18(10)24-5)9-15-17(23)21(27-8)13(4)11(2)19(15)25-6/h9H2,1-8H3. The Morgan fingerprint density at radius 3 is 1.04 bits per heavy atom. The Hall–Kier alpha value is -1.78. The molecule has 0 fully saturated rings. The van der Waals surface area contributed by atoms with E-state index in [9.17, 15) is 0 Å². The van der Waals surface area contributed by atoms with Crippen molar-refractivity contribution in [3.63, 3.8) is 0 Å². The van der Waals surface area contributed by atoms with Gasteiger partial charge < -0.3 is 18.9 Å². The van der Waals surface area contributed by atoms with Gasteiger partial charge in [0.1, 0.15) is 23.0 Å². The smallest absolute Gasteiger partial charge is 0.141 e. The Morgan fingerprint density at radius 2 is 0.778 bits per heavy atom. The molecule has 2 aromatic rings. The maximum Gasteiger partial charge on any atom is 0.141 e. The van der Waals surface area contributed by atoms with Crippen LogP contribution in [-0.4, -0.2) is 28.4 Å². The third-order valence-corrected chi connectivity index (χ3v) is 5.93. The van der Waals surface area contributed by atoms with Crippen molar-refractivity contribution < 1.29 is 18.9 Å². The number of methoxy groups -OCH3 is 4. The van der Waals surface area contributed by atoms with E-state index in [4.69, 9.17) is 42.1 Å². The summed E-state index contributed by atoms with van der Waals surface area (Å²) in [7, 11) is 6.48. The van der Waals surface area contributed by atoms with Crippen LogP contribution in [-0.2, 0) is 6.42 Å². The molecule has 148 valence electrons. The largest absolute Gasteiger partial charge is 0.496 e. The predicted molar refractivity (Wildman–Crippen MR) is 111 cm³/mol. The molecule has 2 rings (SSSR count). The lowest BCUT2D eigenvalue weighted by Crippen LogP contribution is -2.06. The summed E-state index contributed by atoms with van der Waals surface area (Å²) in [6.45, 7) is 7.88. The monoisotopic (exact) mass is 412 g/mol. The van der Waals surface area contributed by atoms with Crippen LogP contribution in [0.1, 0.15) is 33.4 Å². The molecule has 0 unspecified atom stereocenters. The number of rotatable bonds is 6. The van der Waals surface area contributed by atoms with Gasteiger partial charge in [-0.15, -0.1) is 0 Å². The van der Waals surface area contributed by atoms with Crippen LogP contribution in [0.25, 0.3) is 0 Å². The highest BCUT2D eigenvalue weighted by Gasteiger charge is 2.25. The van der Waals surface area contributed by atoms with E-state index in [1.165, 1.54) is 0 Å². The summed E-state index contributed by atoms with van der Waals surface area (Å²) < 4.78 is 22.4. The van der Waals surface area contributed by atoms with E-state index >= 15 is 0 Å². The normalized spacial score (nSPS) is 10.7. The highest BCUT2D eigenvalue weighted by molar-refractivity contribution is 6.34. The fourth-order valence-electron chi connectivity index (χ4n) is 3.47. The molecule has 27 heavy (non-hydrogen) atoms. The van der Waals surface area contributed by atoms with Crippen molar-refractivity contribution in [3.8, 4) is 23.0 Å². The second-order valence-corrected chi connectivity index (χ2v) is 7.15. The summed E-state index contributed by atoms with van der Waals surface area (Å²) in [5.41, 5.74) is 5.42. The van der Waals surface area contributed by atoms with Gasteiger partial charge in [-0.2, -0.15) is 0 Å². The summed E-state index contributed by atoms with van der Waals surface area (Å²) in [5.74, 6) is 2.70. The zero-order chi connectivity index (χ0) is 20.5. The van der Waals surface area contributed by atoms with Gasteiger partial charge in [0.15, 0.2) is 0 Å². The summed E-state index contributed by atoms with van der Waals surface area (Å²) >= 11 is 13.4. The molecule has 0 radical (unpaired) electrons. The van der Waals surface area contributed by atoms with Gasteiger partial charge in [-0.1, -0.05) is 23.2 Å². The molecule has 0 N–H and O–H groups in total. The number of halogens is 2. The van der Waals surface area contributed by atoms with Crippen LogP contribution in [0.4, 0.5) is 0 Å². The van der Waals surface area contributed by atoms with Crippen molar-refractivity contribution in [2.45, 2.75) is 34.1 Å². The zero-order valence-electron chi connectivity index (χ0n) is 17.1. The van der Waals surface area contributed by atoms with E-state index in [0.29, 0.717) is 39.5 Å². The van der Waals surface area contributed by atoms with Crippen LogP contribution in [0.15, 0.2) is 0 Å². The molecule has 0 aliphatic carbocycles. The third-order valence-electron chi connectivity index (χ3n) is 5.13. The molecular weight excluding hydrogens is 387 g/mol. The summed E-state index contributed by atoms with van der Waals surface area (Å²) in [5, 5.41) is 1.01. The average Bonchev–Trinajstić information content (AvgIpc) is 2.65. The van der Waals surface area contributed by atoms with Crippen LogP contribution < -0.4 is 18.9 Å². The third kappa shape index (κ3) is 3.53. The zero-order valence-corrected chi connectivity index (χ0v) is 18.6. The lowest BCUT2D eigenvalue weighted by molar-refractivity contribution is 0.389. The lowest BCUT2D eigenvalue weighted by Gasteiger charge is -2.22. The first-order valence-corrected chi connectivity index (χ1v) is 9.29. The van der Waals surface area contributed by atoms with Crippen molar-refractivity contribution in [3.05, 3.63) is 43.4 Å². The van der Waals surface area contributed by atoms with Crippen molar-refractivity contribution in [2.24, 2.45) is 0 Å². The minimum absolute atomic E-state index is 0.416. The molecule has 0 aromatic heterocycles. The maximum atomic E-state index is 6.69. The SMILES string of the molecule is COc1c(C)c(C)c(OC)c(Cc2c(Cl)c(OC)c(C)c(C)c2OC)c1Cl. The van der Waals surface area contributed by atoms with Crippen LogP contribution >= 0.6 is 23.2 Å². The van der Waals surface area contributed by atoms with E-state index in [1.54, 1.807) is 28.4 Å². The van der Waals surface area contributed by atoms with Crippen LogP contribution in [0.5, 0.6) is 23.0 Å². The molecule has 0 amide bonds. The molecule has 0 saturated heterocycles. The molecule has 2 aromatic carbocycles. The molecule has 4 nitrogen and oxygen atoms in total. The Morgan fingerprint density at radius 1 is 0.519 bits per heavy atom. The van der Waals surface area contributed by atoms with Crippen molar-refractivity contribution in [1.29, 1.82) is 0 Å². The van der Waals surface area contributed by atoms with E-state index in [1.807, 2.05) is 27.7 Å². The molecule has 0 spiro atoms. The van der Waals surface area contributed by atoms with Crippen LogP contribution in [0.3, 0.4) is 0 Å². The van der Waals surface area contributed by atoms with Gasteiger partial charge in [0.05, 0.1) is 38.5 Å². The average molecular weight is 413 g/mol. The first kappa shape index (κ1) is 21.5. The molecule has 0 atom stereocenters. The highest BCUT2D eigenvalue weighted by atomic mass is 35.5. The second-order valence-electron chi connectivity index (χ2n) is 6.39. The highest BCUT2D eigenvalue weighted by Crippen LogP contribution is 2.47. The number of ether oxygens (including phenoxy) is 4. The first-order valence-electron chi connectivity index (χ1n) is 8.53. The number of hydrogen-bond donors (Lipinski definition) is 0. The quantitative estimate of drug-likeness (QED) is 0.595. The Labute approximate surface area is 171 Å². The van der Waals surface area contributed by atoms with Crippen LogP contribution in [0, 0.1) is 27.7 Å². The summed E-state index contributed by atoms with van der Waals surface area (Å²) in [6.07, 6.45) is 0.416. The minimum Gasteiger partial charge on any atom is -0.496 e. The molecule has 0 saturated carbocycles. The van der Waals surface area contributed by atoms with E-state index in [0.717, 1.165) is 33.4 Å². The van der Waals surface area contributed by atoms with Crippen molar-refractivity contribution >= 4 is 23.2 Å². The van der Waals surface area contributed by atoms with E-state index in [-0.39, 0.29) is 0 Å². The molecular formula is C21H26Cl2O4. The van der Waals surface area contributed by atoms with Gasteiger partial charge in [-0.25, -0.2) is 0 Å². The fraction of sp³-hybridized carbons (Fsp3) is 0.429. The number of benzene rings is 2. The van der Waals surface area contributed by atoms with Crippen molar-refractivity contribution in [2.75, 3.05) is 28.4 Å². The van der Waals surface area contributed by atoms with Gasteiger partial charge in [0.25, 0.3) is 0 Å². The molecule has 0 bridgehead atoms. The minimum atomic E-state index is 0.416. The Kier molecular flexibility index (Phi) is 6.77. The molecule has 0 aliphatic heterocycles. The Balaban J connectivity index is 2.82. The van der Waals surface area contributed by atoms with Gasteiger partial charge in [-0.05, 0) is 49.9 Å². The van der Waals surface area contributed by atoms with Gasteiger partial charge >= 0.3 is 0 Å². The molecule has 0 aliphatic rings. The fourth-order valence-corrected chi connectivity index (χ4v) is 4.21. The molecule has 0 heterocycles. The van der Waals surface area contributed by atoms with Gasteiger partial charge in [0.2, 0.25) is 0 Å². The molecule has 6 heteroatoms. The van der Waals surface area contributed by atoms with Gasteiger partial charge in [0, 0.05) is 17.5 Å². The topological polar surface area (TPSA) is 36.9 Å². The maximum absolute atomic E-state index is 6.69. The predicted octanol–water partition coefficient (Wildman–Crippen LogP) is 5.85.